The van der Waals surface area contributed by atoms with Crippen LogP contribution in [-0.4, -0.2) is 140 Å². The number of allylic oxidation sites excluding steroid dienone is 11. The predicted molar refractivity (Wildman–Crippen MR) is 253 cm³/mol. The van der Waals surface area contributed by atoms with Gasteiger partial charge in [0.25, 0.3) is 0 Å². The summed E-state index contributed by atoms with van der Waals surface area (Å²) in [5.74, 6) is -0.300. The summed E-state index contributed by atoms with van der Waals surface area (Å²) in [6.07, 6.45) is 29.4. The minimum Gasteiger partial charge on any atom is -0.394 e. The molecule has 2 heterocycles. The van der Waals surface area contributed by atoms with E-state index in [0.29, 0.717) is 12.8 Å². The number of ether oxygens (including phenoxy) is 4. The van der Waals surface area contributed by atoms with Crippen molar-refractivity contribution < 1.29 is 64.6 Å². The first-order valence-electron chi connectivity index (χ1n) is 24.7. The highest BCUT2D eigenvalue weighted by Gasteiger charge is 2.51. The van der Waals surface area contributed by atoms with Crippen LogP contribution < -0.4 is 5.32 Å². The Hall–Kier alpha value is -2.57. The number of amides is 1. The molecule has 0 aromatic heterocycles. The molecule has 2 saturated heterocycles. The van der Waals surface area contributed by atoms with Crippen LogP contribution in [0.5, 0.6) is 0 Å². The van der Waals surface area contributed by atoms with Gasteiger partial charge in [-0.1, -0.05) is 157 Å². The largest absolute Gasteiger partial charge is 0.394 e. The molecule has 0 aromatic carbocycles. The first kappa shape index (κ1) is 58.6. The van der Waals surface area contributed by atoms with Gasteiger partial charge in [0.15, 0.2) is 12.6 Å². The molecular formula is C51H87NO13. The van der Waals surface area contributed by atoms with Gasteiger partial charge >= 0.3 is 0 Å². The van der Waals surface area contributed by atoms with E-state index >= 15 is 0 Å². The van der Waals surface area contributed by atoms with Gasteiger partial charge in [0, 0.05) is 6.42 Å². The molecule has 2 fully saturated rings. The second kappa shape index (κ2) is 37.4. The summed E-state index contributed by atoms with van der Waals surface area (Å²) in [7, 11) is 0. The lowest BCUT2D eigenvalue weighted by Gasteiger charge is -2.46. The van der Waals surface area contributed by atoms with Crippen molar-refractivity contribution in [2.45, 2.75) is 222 Å². The zero-order valence-electron chi connectivity index (χ0n) is 39.4. The Balaban J connectivity index is 1.90. The van der Waals surface area contributed by atoms with E-state index in [9.17, 15) is 45.6 Å². The third-order valence-electron chi connectivity index (χ3n) is 11.6. The minimum absolute atomic E-state index is 0.199. The van der Waals surface area contributed by atoms with Crippen LogP contribution in [0.25, 0.3) is 0 Å². The highest BCUT2D eigenvalue weighted by Crippen LogP contribution is 2.30. The second-order valence-corrected chi connectivity index (χ2v) is 17.2. The van der Waals surface area contributed by atoms with Crippen molar-refractivity contribution in [2.75, 3.05) is 19.8 Å². The van der Waals surface area contributed by atoms with Gasteiger partial charge in [0.05, 0.1) is 32.0 Å². The highest BCUT2D eigenvalue weighted by molar-refractivity contribution is 5.76. The first-order chi connectivity index (χ1) is 31.6. The van der Waals surface area contributed by atoms with Crippen molar-refractivity contribution in [3.05, 3.63) is 72.9 Å². The zero-order valence-corrected chi connectivity index (χ0v) is 39.4. The molecule has 2 aliphatic rings. The lowest BCUT2D eigenvalue weighted by atomic mass is 9.97. The van der Waals surface area contributed by atoms with Crippen molar-refractivity contribution in [1.82, 2.24) is 5.32 Å². The van der Waals surface area contributed by atoms with E-state index in [0.717, 1.165) is 57.8 Å². The maximum Gasteiger partial charge on any atom is 0.220 e. The van der Waals surface area contributed by atoms with Crippen LogP contribution in [0, 0.1) is 0 Å². The number of hydrogen-bond acceptors (Lipinski definition) is 13. The lowest BCUT2D eigenvalue weighted by Crippen LogP contribution is -2.65. The maximum atomic E-state index is 13.1. The summed E-state index contributed by atoms with van der Waals surface area (Å²) >= 11 is 0. The third kappa shape index (κ3) is 24.9. The summed E-state index contributed by atoms with van der Waals surface area (Å²) < 4.78 is 22.6. The Morgan fingerprint density at radius 1 is 0.569 bits per heavy atom. The third-order valence-corrected chi connectivity index (χ3v) is 11.6. The van der Waals surface area contributed by atoms with Gasteiger partial charge in [-0.25, -0.2) is 0 Å². The van der Waals surface area contributed by atoms with E-state index in [1.165, 1.54) is 57.8 Å². The maximum absolute atomic E-state index is 13.1. The molecule has 0 spiro atoms. The molecule has 14 nitrogen and oxygen atoms in total. The van der Waals surface area contributed by atoms with Crippen molar-refractivity contribution in [2.24, 2.45) is 0 Å². The number of aliphatic hydroxyl groups excluding tert-OH is 8. The molecule has 374 valence electrons. The van der Waals surface area contributed by atoms with Crippen LogP contribution in [0.15, 0.2) is 72.9 Å². The van der Waals surface area contributed by atoms with Gasteiger partial charge < -0.3 is 65.1 Å². The van der Waals surface area contributed by atoms with Crippen molar-refractivity contribution in [3.63, 3.8) is 0 Å². The van der Waals surface area contributed by atoms with Gasteiger partial charge in [0.1, 0.15) is 48.8 Å². The molecular weight excluding hydrogens is 835 g/mol. The molecule has 12 unspecified atom stereocenters. The van der Waals surface area contributed by atoms with Gasteiger partial charge in [-0.15, -0.1) is 0 Å². The second-order valence-electron chi connectivity index (χ2n) is 17.2. The topological polar surface area (TPSA) is 228 Å². The summed E-state index contributed by atoms with van der Waals surface area (Å²) in [5.41, 5.74) is 0. The van der Waals surface area contributed by atoms with E-state index in [2.05, 4.69) is 73.8 Å². The molecule has 1 amide bonds. The van der Waals surface area contributed by atoms with Crippen LogP contribution in [0.3, 0.4) is 0 Å². The number of carbonyl (C=O) groups is 1. The average Bonchev–Trinajstić information content (AvgIpc) is 3.30. The summed E-state index contributed by atoms with van der Waals surface area (Å²) in [6.45, 7) is 2.60. The first-order valence-corrected chi connectivity index (χ1v) is 24.7. The summed E-state index contributed by atoms with van der Waals surface area (Å²) in [5, 5.41) is 86.6. The van der Waals surface area contributed by atoms with Gasteiger partial charge in [-0.3, -0.25) is 4.79 Å². The molecule has 0 saturated carbocycles. The number of hydrogen-bond donors (Lipinski definition) is 9. The number of nitrogens with one attached hydrogen (secondary N) is 1. The van der Waals surface area contributed by atoms with Gasteiger partial charge in [-0.05, 0) is 57.8 Å². The van der Waals surface area contributed by atoms with E-state index in [4.69, 9.17) is 18.9 Å². The molecule has 0 aromatic rings. The van der Waals surface area contributed by atoms with E-state index in [-0.39, 0.29) is 18.9 Å². The zero-order chi connectivity index (χ0) is 47.5. The fourth-order valence-corrected chi connectivity index (χ4v) is 7.62. The minimum atomic E-state index is -1.80. The average molecular weight is 922 g/mol. The fourth-order valence-electron chi connectivity index (χ4n) is 7.62. The molecule has 2 rings (SSSR count). The van der Waals surface area contributed by atoms with Crippen LogP contribution in [0.4, 0.5) is 0 Å². The number of rotatable bonds is 36. The monoisotopic (exact) mass is 922 g/mol. The number of aliphatic hydroxyl groups is 8. The molecule has 65 heavy (non-hydrogen) atoms. The van der Waals surface area contributed by atoms with Crippen molar-refractivity contribution >= 4 is 5.91 Å². The van der Waals surface area contributed by atoms with Gasteiger partial charge in [-0.2, -0.15) is 0 Å². The van der Waals surface area contributed by atoms with E-state index in [1.807, 2.05) is 12.2 Å². The number of unbranched alkanes of at least 4 members (excludes halogenated alkanes) is 13. The lowest BCUT2D eigenvalue weighted by molar-refractivity contribution is -0.359. The Kier molecular flexibility index (Phi) is 33.7. The Labute approximate surface area is 389 Å². The fraction of sp³-hybridized carbons (Fsp3) is 0.745. The van der Waals surface area contributed by atoms with Crippen LogP contribution in [0.2, 0.25) is 0 Å². The predicted octanol–water partition coefficient (Wildman–Crippen LogP) is 6.04. The van der Waals surface area contributed by atoms with Crippen LogP contribution in [0.1, 0.15) is 149 Å². The smallest absolute Gasteiger partial charge is 0.220 e. The SMILES string of the molecule is CC/C=C\C/C=C\C/C=C\C/C=C\C/C=C\CCCC(=O)NC(COC1OC(CO)C(OC2OC(CO)C(O)C(O)C2O)C(O)C1O)C(O)/C=C/CCCCCCCCCCCCCC. The van der Waals surface area contributed by atoms with Crippen LogP contribution >= 0.6 is 0 Å². The van der Waals surface area contributed by atoms with Crippen LogP contribution in [-0.2, 0) is 23.7 Å². The normalized spacial score (nSPS) is 27.7. The highest BCUT2D eigenvalue weighted by atomic mass is 16.7. The van der Waals surface area contributed by atoms with E-state index in [1.54, 1.807) is 6.08 Å². The molecule has 14 heteroatoms. The Morgan fingerprint density at radius 2 is 1.06 bits per heavy atom. The van der Waals surface area contributed by atoms with Crippen molar-refractivity contribution in [3.8, 4) is 0 Å². The molecule has 0 bridgehead atoms. The molecule has 12 atom stereocenters. The Morgan fingerprint density at radius 3 is 1.62 bits per heavy atom. The standard InChI is InChI=1S/C51H87NO13/c1-3-5-7-9-11-13-15-17-19-20-21-23-25-27-29-31-33-35-43(56)52-39(40(55)34-32-30-28-26-24-22-18-16-14-12-10-8-6-4-2)38-62-50-48(61)46(59)49(42(37-54)64-50)65-51-47(60)45(58)44(57)41(36-53)63-51/h5,7,11,13,17,19,21,23,27,29,32,34,39-42,44-51,53-55,57-61H,3-4,6,8-10,12,14-16,18,20,22,24-26,28,30-31,33,35-38H2,1-2H3,(H,52,56)/b7-5-,13-11-,19-17-,23-21-,29-27-,34-32+. The number of carbonyl (C=O) groups excluding carboxylic acids is 1. The van der Waals surface area contributed by atoms with Gasteiger partial charge in [0.2, 0.25) is 5.91 Å². The van der Waals surface area contributed by atoms with Crippen molar-refractivity contribution in [1.29, 1.82) is 0 Å². The van der Waals surface area contributed by atoms with E-state index < -0.39 is 86.8 Å². The molecule has 0 radical (unpaired) electrons. The molecule has 0 aliphatic carbocycles. The summed E-state index contributed by atoms with van der Waals surface area (Å²) in [6, 6.07) is -0.946. The summed E-state index contributed by atoms with van der Waals surface area (Å²) in [4.78, 5) is 13.1. The quantitative estimate of drug-likeness (QED) is 0.0258. The molecule has 2 aliphatic heterocycles. The molecule has 9 N–H and O–H groups in total. The Bertz CT molecular complexity index is 1370.